The summed E-state index contributed by atoms with van der Waals surface area (Å²) in [4.78, 5) is 6.61. The van der Waals surface area contributed by atoms with E-state index in [0.717, 1.165) is 36.7 Å². The third kappa shape index (κ3) is 2.04. The third-order valence-electron chi connectivity index (χ3n) is 2.89. The van der Waals surface area contributed by atoms with Gasteiger partial charge in [0.25, 0.3) is 0 Å². The van der Waals surface area contributed by atoms with Crippen LogP contribution < -0.4 is 4.90 Å². The van der Waals surface area contributed by atoms with E-state index in [1.165, 1.54) is 0 Å². The molecule has 1 aromatic rings. The van der Waals surface area contributed by atoms with Crippen LogP contribution in [0.15, 0.2) is 0 Å². The number of nitrogens with zero attached hydrogens (tertiary/aromatic N) is 4. The van der Waals surface area contributed by atoms with Crippen molar-refractivity contribution in [3.8, 4) is 0 Å². The van der Waals surface area contributed by atoms with Gasteiger partial charge in [0.1, 0.15) is 0 Å². The number of aryl methyl sites for hydroxylation is 2. The molecule has 1 aromatic heterocycles. The van der Waals surface area contributed by atoms with Crippen LogP contribution in [0.2, 0.25) is 0 Å². The molecule has 1 fully saturated rings. The Kier molecular flexibility index (Phi) is 3.05. The number of aromatic nitrogens is 3. The Labute approximate surface area is 94.7 Å². The van der Waals surface area contributed by atoms with Gasteiger partial charge in [0.2, 0.25) is 5.95 Å². The van der Waals surface area contributed by atoms with Crippen LogP contribution >= 0.6 is 11.6 Å². The van der Waals surface area contributed by atoms with E-state index in [1.54, 1.807) is 0 Å². The van der Waals surface area contributed by atoms with Gasteiger partial charge in [0, 0.05) is 18.5 Å². The van der Waals surface area contributed by atoms with Crippen molar-refractivity contribution in [2.75, 3.05) is 17.3 Å². The lowest BCUT2D eigenvalue weighted by molar-refractivity contribution is 0.707. The molecule has 0 radical (unpaired) electrons. The molecule has 0 bridgehead atoms. The molecule has 4 nitrogen and oxygen atoms in total. The van der Waals surface area contributed by atoms with Gasteiger partial charge >= 0.3 is 0 Å². The SMILES string of the molecule is Cc1nnc(N2CCCC2CCl)nc1C. The van der Waals surface area contributed by atoms with Crippen LogP contribution in [-0.2, 0) is 0 Å². The summed E-state index contributed by atoms with van der Waals surface area (Å²) < 4.78 is 0. The first-order valence-electron chi connectivity index (χ1n) is 5.23. The van der Waals surface area contributed by atoms with Gasteiger partial charge in [-0.1, -0.05) is 0 Å². The molecule has 0 spiro atoms. The summed E-state index contributed by atoms with van der Waals surface area (Å²) in [5.74, 6) is 1.36. The van der Waals surface area contributed by atoms with Crippen molar-refractivity contribution < 1.29 is 0 Å². The van der Waals surface area contributed by atoms with Crippen molar-refractivity contribution in [2.24, 2.45) is 0 Å². The summed E-state index contributed by atoms with van der Waals surface area (Å²) in [7, 11) is 0. The van der Waals surface area contributed by atoms with E-state index in [1.807, 2.05) is 13.8 Å². The molecule has 0 amide bonds. The van der Waals surface area contributed by atoms with Crippen molar-refractivity contribution in [1.29, 1.82) is 0 Å². The first-order valence-corrected chi connectivity index (χ1v) is 5.76. The molecule has 5 heteroatoms. The summed E-state index contributed by atoms with van der Waals surface area (Å²) in [6, 6.07) is 0.371. The van der Waals surface area contributed by atoms with Crippen LogP contribution in [0.4, 0.5) is 5.95 Å². The van der Waals surface area contributed by atoms with Crippen molar-refractivity contribution >= 4 is 17.5 Å². The third-order valence-corrected chi connectivity index (χ3v) is 3.25. The molecule has 1 aliphatic rings. The van der Waals surface area contributed by atoms with Gasteiger partial charge in [-0.15, -0.1) is 16.7 Å². The molecule has 2 heterocycles. The number of hydrogen-bond acceptors (Lipinski definition) is 4. The van der Waals surface area contributed by atoms with Crippen molar-refractivity contribution in [1.82, 2.24) is 15.2 Å². The van der Waals surface area contributed by atoms with Crippen molar-refractivity contribution in [2.45, 2.75) is 32.7 Å². The highest BCUT2D eigenvalue weighted by Crippen LogP contribution is 2.22. The minimum atomic E-state index is 0.371. The van der Waals surface area contributed by atoms with Gasteiger partial charge in [-0.25, -0.2) is 4.98 Å². The lowest BCUT2D eigenvalue weighted by Gasteiger charge is -2.22. The topological polar surface area (TPSA) is 41.9 Å². The van der Waals surface area contributed by atoms with Crippen molar-refractivity contribution in [3.05, 3.63) is 11.4 Å². The van der Waals surface area contributed by atoms with Crippen molar-refractivity contribution in [3.63, 3.8) is 0 Å². The Balaban J connectivity index is 2.25. The lowest BCUT2D eigenvalue weighted by atomic mass is 10.2. The Hall–Kier alpha value is -0.900. The normalized spacial score (nSPS) is 21.0. The Morgan fingerprint density at radius 2 is 2.13 bits per heavy atom. The molecule has 1 atom stereocenters. The number of halogens is 1. The van der Waals surface area contributed by atoms with Crippen LogP contribution in [0.1, 0.15) is 24.2 Å². The fraction of sp³-hybridized carbons (Fsp3) is 0.700. The van der Waals surface area contributed by atoms with E-state index >= 15 is 0 Å². The quantitative estimate of drug-likeness (QED) is 0.720. The second-order valence-electron chi connectivity index (χ2n) is 3.93. The average Bonchev–Trinajstić information content (AvgIpc) is 2.70. The van der Waals surface area contributed by atoms with E-state index in [2.05, 4.69) is 20.1 Å². The van der Waals surface area contributed by atoms with E-state index in [4.69, 9.17) is 11.6 Å². The number of hydrogen-bond donors (Lipinski definition) is 0. The molecule has 2 rings (SSSR count). The van der Waals surface area contributed by atoms with E-state index in [9.17, 15) is 0 Å². The Bertz CT molecular complexity index is 355. The number of anilines is 1. The summed E-state index contributed by atoms with van der Waals surface area (Å²) in [5.41, 5.74) is 1.83. The standard InChI is InChI=1S/C10H15ClN4/c1-7-8(2)13-14-10(12-7)15-5-3-4-9(15)6-11/h9H,3-6H2,1-2H3. The van der Waals surface area contributed by atoms with Crippen LogP contribution in [0, 0.1) is 13.8 Å². The second kappa shape index (κ2) is 4.31. The fourth-order valence-corrected chi connectivity index (χ4v) is 2.15. The molecule has 1 unspecified atom stereocenters. The summed E-state index contributed by atoms with van der Waals surface area (Å²) >= 11 is 5.91. The molecule has 82 valence electrons. The first-order chi connectivity index (χ1) is 7.22. The summed E-state index contributed by atoms with van der Waals surface area (Å²) in [6.07, 6.45) is 2.29. The molecule has 15 heavy (non-hydrogen) atoms. The van der Waals surface area contributed by atoms with Gasteiger partial charge < -0.3 is 4.90 Å². The lowest BCUT2D eigenvalue weighted by Crippen LogP contribution is -2.32. The van der Waals surface area contributed by atoms with E-state index in [-0.39, 0.29) is 0 Å². The number of alkyl halides is 1. The van der Waals surface area contributed by atoms with Crippen LogP contribution in [0.5, 0.6) is 0 Å². The predicted molar refractivity (Wildman–Crippen MR) is 60.4 cm³/mol. The van der Waals surface area contributed by atoms with Gasteiger partial charge in [0.05, 0.1) is 11.4 Å². The zero-order valence-electron chi connectivity index (χ0n) is 9.07. The highest BCUT2D eigenvalue weighted by atomic mass is 35.5. The first kappa shape index (κ1) is 10.6. The molecule has 0 aliphatic carbocycles. The van der Waals surface area contributed by atoms with Crippen LogP contribution in [-0.4, -0.2) is 33.6 Å². The maximum atomic E-state index is 5.91. The van der Waals surface area contributed by atoms with Crippen LogP contribution in [0.3, 0.4) is 0 Å². The molecule has 0 aromatic carbocycles. The highest BCUT2D eigenvalue weighted by molar-refractivity contribution is 6.18. The van der Waals surface area contributed by atoms with Crippen LogP contribution in [0.25, 0.3) is 0 Å². The van der Waals surface area contributed by atoms with Gasteiger partial charge in [-0.05, 0) is 26.7 Å². The smallest absolute Gasteiger partial charge is 0.245 e. The molecular weight excluding hydrogens is 212 g/mol. The van der Waals surface area contributed by atoms with Gasteiger partial charge in [-0.3, -0.25) is 0 Å². The second-order valence-corrected chi connectivity index (χ2v) is 4.23. The predicted octanol–water partition coefficient (Wildman–Crippen LogP) is 1.70. The summed E-state index contributed by atoms with van der Waals surface area (Å²) in [5, 5.41) is 8.22. The Morgan fingerprint density at radius 1 is 1.33 bits per heavy atom. The largest absolute Gasteiger partial charge is 0.335 e. The fourth-order valence-electron chi connectivity index (χ4n) is 1.83. The minimum Gasteiger partial charge on any atom is -0.335 e. The number of rotatable bonds is 2. The maximum absolute atomic E-state index is 5.91. The Morgan fingerprint density at radius 3 is 2.80 bits per heavy atom. The maximum Gasteiger partial charge on any atom is 0.245 e. The van der Waals surface area contributed by atoms with E-state index in [0.29, 0.717) is 11.9 Å². The highest BCUT2D eigenvalue weighted by Gasteiger charge is 2.26. The zero-order valence-corrected chi connectivity index (χ0v) is 9.83. The van der Waals surface area contributed by atoms with E-state index < -0.39 is 0 Å². The zero-order chi connectivity index (χ0) is 10.8. The van der Waals surface area contributed by atoms with Gasteiger partial charge in [0.15, 0.2) is 0 Å². The molecule has 1 saturated heterocycles. The molecule has 0 N–H and O–H groups in total. The molecule has 0 saturated carbocycles. The monoisotopic (exact) mass is 226 g/mol. The minimum absolute atomic E-state index is 0.371. The van der Waals surface area contributed by atoms with Gasteiger partial charge in [-0.2, -0.15) is 5.10 Å². The average molecular weight is 227 g/mol. The molecular formula is C10H15ClN4. The summed E-state index contributed by atoms with van der Waals surface area (Å²) in [6.45, 7) is 4.86. The molecule has 1 aliphatic heterocycles.